The lowest BCUT2D eigenvalue weighted by molar-refractivity contribution is -0.114. The number of anilines is 1. The van der Waals surface area contributed by atoms with Gasteiger partial charge in [0.25, 0.3) is 5.91 Å². The lowest BCUT2D eigenvalue weighted by atomic mass is 10.2. The first-order chi connectivity index (χ1) is 11.5. The Morgan fingerprint density at radius 3 is 2.92 bits per heavy atom. The van der Waals surface area contributed by atoms with Crippen molar-refractivity contribution in [3.63, 3.8) is 0 Å². The first-order valence-corrected chi connectivity index (χ1v) is 7.95. The van der Waals surface area contributed by atoms with Crippen LogP contribution >= 0.6 is 11.6 Å². The summed E-state index contributed by atoms with van der Waals surface area (Å²) in [6, 6.07) is 6.55. The maximum absolute atomic E-state index is 12.2. The summed E-state index contributed by atoms with van der Waals surface area (Å²) >= 11 is 6.08. The second-order valence-corrected chi connectivity index (χ2v) is 5.86. The predicted molar refractivity (Wildman–Crippen MR) is 89.3 cm³/mol. The molecule has 2 heterocycles. The van der Waals surface area contributed by atoms with E-state index in [1.807, 2.05) is 6.07 Å². The third kappa shape index (κ3) is 3.68. The molecule has 0 spiro atoms. The molecule has 0 fully saturated rings. The predicted octanol–water partition coefficient (Wildman–Crippen LogP) is 2.21. The lowest BCUT2D eigenvalue weighted by Crippen LogP contribution is -2.23. The summed E-state index contributed by atoms with van der Waals surface area (Å²) in [4.78, 5) is 23.3. The van der Waals surface area contributed by atoms with Crippen molar-refractivity contribution in [2.45, 2.75) is 26.4 Å². The number of fused-ring (bicyclic) bond motifs is 1. The van der Waals surface area contributed by atoms with Crippen LogP contribution in [0.1, 0.15) is 29.4 Å². The van der Waals surface area contributed by atoms with Crippen molar-refractivity contribution in [2.75, 3.05) is 11.9 Å². The van der Waals surface area contributed by atoms with Gasteiger partial charge < -0.3 is 15.4 Å². The molecule has 3 rings (SSSR count). The third-order valence-corrected chi connectivity index (χ3v) is 3.84. The Bertz CT molecular complexity index is 764. The van der Waals surface area contributed by atoms with Gasteiger partial charge in [-0.2, -0.15) is 5.10 Å². The Labute approximate surface area is 143 Å². The van der Waals surface area contributed by atoms with Crippen LogP contribution in [0.25, 0.3) is 0 Å². The van der Waals surface area contributed by atoms with Crippen molar-refractivity contribution >= 4 is 29.1 Å². The van der Waals surface area contributed by atoms with Crippen molar-refractivity contribution in [1.29, 1.82) is 0 Å². The number of carbonyl (C=O) groups excluding carboxylic acids is 2. The fraction of sp³-hybridized carbons (Fsp3) is 0.312. The van der Waals surface area contributed by atoms with Gasteiger partial charge in [-0.1, -0.05) is 11.6 Å². The normalized spacial score (nSPS) is 12.9. The molecule has 0 aliphatic carbocycles. The number of aryl methyl sites for hydroxylation is 1. The van der Waals surface area contributed by atoms with Crippen LogP contribution in [0.3, 0.4) is 0 Å². The Balaban J connectivity index is 1.63. The number of nitrogens with zero attached hydrogens (tertiary/aromatic N) is 2. The number of benzene rings is 1. The van der Waals surface area contributed by atoms with Crippen LogP contribution in [0.2, 0.25) is 5.02 Å². The van der Waals surface area contributed by atoms with Gasteiger partial charge in [-0.25, -0.2) is 4.68 Å². The van der Waals surface area contributed by atoms with Gasteiger partial charge in [0.2, 0.25) is 11.8 Å². The molecular weight excluding hydrogens is 332 g/mol. The zero-order valence-electron chi connectivity index (χ0n) is 13.1. The molecule has 2 amide bonds. The average molecular weight is 349 g/mol. The first-order valence-electron chi connectivity index (χ1n) is 7.58. The summed E-state index contributed by atoms with van der Waals surface area (Å²) in [5.74, 6) is 0.242. The van der Waals surface area contributed by atoms with Crippen molar-refractivity contribution < 1.29 is 14.3 Å². The molecule has 24 heavy (non-hydrogen) atoms. The Kier molecular flexibility index (Phi) is 4.71. The van der Waals surface area contributed by atoms with Crippen LogP contribution in [0.4, 0.5) is 5.69 Å². The van der Waals surface area contributed by atoms with Gasteiger partial charge in [-0.05, 0) is 18.2 Å². The molecule has 2 N–H and O–H groups in total. The number of amides is 2. The van der Waals surface area contributed by atoms with Crippen molar-refractivity contribution in [2.24, 2.45) is 0 Å². The van der Waals surface area contributed by atoms with Gasteiger partial charge >= 0.3 is 0 Å². The Hall–Kier alpha value is -2.54. The van der Waals surface area contributed by atoms with Crippen molar-refractivity contribution in [3.8, 4) is 5.88 Å². The van der Waals surface area contributed by atoms with Gasteiger partial charge in [0.1, 0.15) is 0 Å². The summed E-state index contributed by atoms with van der Waals surface area (Å²) in [6.07, 6.45) is 0.930. The number of carbonyl (C=O) groups is 2. The summed E-state index contributed by atoms with van der Waals surface area (Å²) in [5.41, 5.74) is 1.62. The fourth-order valence-electron chi connectivity index (χ4n) is 2.42. The molecule has 0 saturated carbocycles. The zero-order chi connectivity index (χ0) is 17.1. The quantitative estimate of drug-likeness (QED) is 0.887. The number of rotatable bonds is 4. The van der Waals surface area contributed by atoms with E-state index in [-0.39, 0.29) is 11.8 Å². The maximum atomic E-state index is 12.2. The summed E-state index contributed by atoms with van der Waals surface area (Å²) in [6.45, 7) is 3.21. The number of ether oxygens (including phenoxy) is 1. The minimum Gasteiger partial charge on any atom is -0.478 e. The van der Waals surface area contributed by atoms with E-state index in [4.69, 9.17) is 16.3 Å². The van der Waals surface area contributed by atoms with E-state index in [9.17, 15) is 9.59 Å². The van der Waals surface area contributed by atoms with E-state index in [0.717, 1.165) is 24.5 Å². The SMILES string of the molecule is CC(=O)Nc1ccc(C(=O)NCc2cc3n(n2)CCCO3)cc1Cl. The number of nitrogens with one attached hydrogen (secondary N) is 2. The number of aromatic nitrogens is 2. The lowest BCUT2D eigenvalue weighted by Gasteiger charge is -2.13. The smallest absolute Gasteiger partial charge is 0.251 e. The first kappa shape index (κ1) is 16.3. The van der Waals surface area contributed by atoms with Crippen molar-refractivity contribution in [3.05, 3.63) is 40.5 Å². The number of hydrogen-bond acceptors (Lipinski definition) is 4. The Morgan fingerprint density at radius 1 is 1.38 bits per heavy atom. The van der Waals surface area contributed by atoms with Crippen LogP contribution in [0.15, 0.2) is 24.3 Å². The largest absolute Gasteiger partial charge is 0.478 e. The molecule has 0 radical (unpaired) electrons. The van der Waals surface area contributed by atoms with Crippen LogP contribution < -0.4 is 15.4 Å². The van der Waals surface area contributed by atoms with E-state index in [0.29, 0.717) is 29.4 Å². The highest BCUT2D eigenvalue weighted by atomic mass is 35.5. The molecule has 0 unspecified atom stereocenters. The standard InChI is InChI=1S/C16H17ClN4O3/c1-10(22)19-14-4-3-11(7-13(14)17)16(23)18-9-12-8-15-21(20-12)5-2-6-24-15/h3-4,7-8H,2,5-6,9H2,1H3,(H,18,23)(H,19,22). The second-order valence-electron chi connectivity index (χ2n) is 5.46. The Morgan fingerprint density at radius 2 is 2.21 bits per heavy atom. The molecule has 1 aliphatic heterocycles. The molecule has 0 bridgehead atoms. The van der Waals surface area contributed by atoms with Gasteiger partial charge in [0.15, 0.2) is 0 Å². The van der Waals surface area contributed by atoms with Crippen LogP contribution in [0, 0.1) is 0 Å². The third-order valence-electron chi connectivity index (χ3n) is 3.53. The molecule has 2 aromatic rings. The number of hydrogen-bond donors (Lipinski definition) is 2. The molecule has 126 valence electrons. The fourth-order valence-corrected chi connectivity index (χ4v) is 2.65. The van der Waals surface area contributed by atoms with E-state index in [1.54, 1.807) is 16.8 Å². The summed E-state index contributed by atoms with van der Waals surface area (Å²) < 4.78 is 7.29. The van der Waals surface area contributed by atoms with Crippen LogP contribution in [0.5, 0.6) is 5.88 Å². The minimum atomic E-state index is -0.266. The molecule has 1 aliphatic rings. The van der Waals surface area contributed by atoms with Crippen LogP contribution in [-0.2, 0) is 17.9 Å². The van der Waals surface area contributed by atoms with Gasteiger partial charge in [0.05, 0.1) is 29.6 Å². The highest BCUT2D eigenvalue weighted by molar-refractivity contribution is 6.34. The molecule has 7 nitrogen and oxygen atoms in total. The summed E-state index contributed by atoms with van der Waals surface area (Å²) in [5, 5.41) is 10.1. The van der Waals surface area contributed by atoms with Crippen LogP contribution in [-0.4, -0.2) is 28.2 Å². The van der Waals surface area contributed by atoms with E-state index in [2.05, 4.69) is 15.7 Å². The zero-order valence-corrected chi connectivity index (χ0v) is 13.9. The van der Waals surface area contributed by atoms with Gasteiger partial charge in [-0.3, -0.25) is 9.59 Å². The molecule has 1 aromatic carbocycles. The maximum Gasteiger partial charge on any atom is 0.251 e. The topological polar surface area (TPSA) is 85.3 Å². The van der Waals surface area contributed by atoms with Gasteiger partial charge in [-0.15, -0.1) is 0 Å². The molecule has 0 saturated heterocycles. The van der Waals surface area contributed by atoms with Gasteiger partial charge in [0, 0.05) is 31.5 Å². The minimum absolute atomic E-state index is 0.222. The number of halogens is 1. The highest BCUT2D eigenvalue weighted by Gasteiger charge is 2.14. The van der Waals surface area contributed by atoms with E-state index < -0.39 is 0 Å². The molecule has 8 heteroatoms. The molecular formula is C16H17ClN4O3. The molecule has 0 atom stereocenters. The average Bonchev–Trinajstić information content (AvgIpc) is 2.97. The second kappa shape index (κ2) is 6.92. The molecule has 1 aromatic heterocycles. The summed E-state index contributed by atoms with van der Waals surface area (Å²) in [7, 11) is 0. The van der Waals surface area contributed by atoms with Crippen molar-refractivity contribution in [1.82, 2.24) is 15.1 Å². The van der Waals surface area contributed by atoms with E-state index in [1.165, 1.54) is 13.0 Å². The highest BCUT2D eigenvalue weighted by Crippen LogP contribution is 2.23. The van der Waals surface area contributed by atoms with E-state index >= 15 is 0 Å². The monoisotopic (exact) mass is 348 g/mol.